The van der Waals surface area contributed by atoms with Crippen LogP contribution < -0.4 is 11.5 Å². The number of nitrogens with zero attached hydrogens (tertiary/aromatic N) is 1. The molecule has 3 nitrogen and oxygen atoms in total. The monoisotopic (exact) mass is 215 g/mol. The number of hydrogen-bond donors (Lipinski definition) is 2. The highest BCUT2D eigenvalue weighted by molar-refractivity contribution is 9.12. The Bertz CT molecular complexity index is 235. The second-order valence-electron chi connectivity index (χ2n) is 1.75. The first-order valence-electron chi connectivity index (χ1n) is 2.95. The highest BCUT2D eigenvalue weighted by Crippen LogP contribution is 2.09. The van der Waals surface area contributed by atoms with Crippen LogP contribution >= 0.6 is 15.9 Å². The first-order chi connectivity index (χ1) is 5.17. The van der Waals surface area contributed by atoms with Gasteiger partial charge in [-0.3, -0.25) is 4.99 Å². The van der Waals surface area contributed by atoms with E-state index < -0.39 is 0 Å². The van der Waals surface area contributed by atoms with Gasteiger partial charge in [0.2, 0.25) is 0 Å². The van der Waals surface area contributed by atoms with E-state index in [4.69, 9.17) is 17.9 Å². The number of aliphatic imine (C=N–C) groups is 1. The van der Waals surface area contributed by atoms with Gasteiger partial charge in [-0.2, -0.15) is 0 Å². The fourth-order valence-electron chi connectivity index (χ4n) is 0.498. The molecule has 0 rings (SSSR count). The first kappa shape index (κ1) is 10.2. The van der Waals surface area contributed by atoms with Crippen molar-refractivity contribution in [2.24, 2.45) is 16.5 Å². The molecule has 4 heteroatoms. The van der Waals surface area contributed by atoms with Crippen LogP contribution in [0, 0.1) is 12.3 Å². The van der Waals surface area contributed by atoms with Crippen LogP contribution in [0.4, 0.5) is 0 Å². The first-order valence-corrected chi connectivity index (χ1v) is 3.74. The molecule has 0 fully saturated rings. The quantitative estimate of drug-likeness (QED) is 0.512. The molecule has 0 aliphatic rings. The maximum Gasteiger partial charge on any atom is 0.0987 e. The third-order valence-corrected chi connectivity index (χ3v) is 1.99. The van der Waals surface area contributed by atoms with Gasteiger partial charge >= 0.3 is 0 Å². The van der Waals surface area contributed by atoms with E-state index >= 15 is 0 Å². The fourth-order valence-corrected chi connectivity index (χ4v) is 0.952. The lowest BCUT2D eigenvalue weighted by atomic mass is 10.3. The van der Waals surface area contributed by atoms with Crippen molar-refractivity contribution < 1.29 is 0 Å². The van der Waals surface area contributed by atoms with E-state index in [1.54, 1.807) is 7.05 Å². The highest BCUT2D eigenvalue weighted by atomic mass is 79.9. The van der Waals surface area contributed by atoms with Crippen molar-refractivity contribution >= 4 is 21.6 Å². The fraction of sp³-hybridized carbons (Fsp3) is 0.286. The van der Waals surface area contributed by atoms with Crippen molar-refractivity contribution in [3.05, 3.63) is 10.2 Å². The van der Waals surface area contributed by atoms with Crippen molar-refractivity contribution in [3.63, 3.8) is 0 Å². The van der Waals surface area contributed by atoms with E-state index in [2.05, 4.69) is 26.8 Å². The molecule has 0 bridgehead atoms. The van der Waals surface area contributed by atoms with Gasteiger partial charge in [0, 0.05) is 13.6 Å². The maximum absolute atomic E-state index is 5.43. The molecule has 0 saturated carbocycles. The van der Waals surface area contributed by atoms with Crippen LogP contribution in [0.3, 0.4) is 0 Å². The van der Waals surface area contributed by atoms with Crippen molar-refractivity contribution in [1.82, 2.24) is 0 Å². The second kappa shape index (κ2) is 4.94. The van der Waals surface area contributed by atoms with E-state index in [0.717, 1.165) is 0 Å². The van der Waals surface area contributed by atoms with Crippen molar-refractivity contribution in [1.29, 1.82) is 0 Å². The molecule has 0 spiro atoms. The minimum Gasteiger partial charge on any atom is -0.391 e. The number of terminal acetylenes is 1. The van der Waals surface area contributed by atoms with Gasteiger partial charge in [-0.05, 0) is 15.9 Å². The zero-order valence-corrected chi connectivity index (χ0v) is 7.85. The molecule has 0 heterocycles. The topological polar surface area (TPSA) is 64.4 Å². The molecule has 0 amide bonds. The number of nitrogens with two attached hydrogens (primary N) is 2. The van der Waals surface area contributed by atoms with Crippen molar-refractivity contribution in [3.8, 4) is 12.3 Å². The Morgan fingerprint density at radius 1 is 1.73 bits per heavy atom. The lowest BCUT2D eigenvalue weighted by Gasteiger charge is -2.01. The minimum atomic E-state index is 0.316. The molecule has 11 heavy (non-hydrogen) atoms. The van der Waals surface area contributed by atoms with Crippen molar-refractivity contribution in [2.45, 2.75) is 0 Å². The SMILES string of the molecule is C#C/C(N)=C(\Br)C(CN)=NC. The summed E-state index contributed by atoms with van der Waals surface area (Å²) < 4.78 is 0.602. The second-order valence-corrected chi connectivity index (χ2v) is 2.54. The molecule has 0 atom stereocenters. The molecule has 0 radical (unpaired) electrons. The minimum absolute atomic E-state index is 0.316. The summed E-state index contributed by atoms with van der Waals surface area (Å²) >= 11 is 3.19. The van der Waals surface area contributed by atoms with E-state index in [1.165, 1.54) is 0 Å². The standard InChI is InChI=1S/C7H10BrN3/c1-3-5(10)7(8)6(4-9)11-2/h1H,4,9-10H2,2H3/b7-5+,11-6?. The molecule has 0 aromatic carbocycles. The summed E-state index contributed by atoms with van der Waals surface area (Å²) in [5, 5.41) is 0. The van der Waals surface area contributed by atoms with Gasteiger partial charge in [0.15, 0.2) is 0 Å². The summed E-state index contributed by atoms with van der Waals surface area (Å²) in [4.78, 5) is 3.89. The van der Waals surface area contributed by atoms with Crippen LogP contribution in [0.2, 0.25) is 0 Å². The van der Waals surface area contributed by atoms with Gasteiger partial charge in [-0.15, -0.1) is 6.42 Å². The van der Waals surface area contributed by atoms with Gasteiger partial charge in [-0.1, -0.05) is 5.92 Å². The molecule has 4 N–H and O–H groups in total. The van der Waals surface area contributed by atoms with Crippen LogP contribution in [0.1, 0.15) is 0 Å². The smallest absolute Gasteiger partial charge is 0.0987 e. The Labute approximate surface area is 74.7 Å². The summed E-state index contributed by atoms with van der Waals surface area (Å²) in [5.74, 6) is 2.29. The van der Waals surface area contributed by atoms with Crippen LogP contribution in [0.15, 0.2) is 15.2 Å². The lowest BCUT2D eigenvalue weighted by molar-refractivity contribution is 1.27. The van der Waals surface area contributed by atoms with Gasteiger partial charge < -0.3 is 11.5 Å². The summed E-state index contributed by atoms with van der Waals surface area (Å²) in [6, 6.07) is 0. The van der Waals surface area contributed by atoms with Gasteiger partial charge in [0.05, 0.1) is 15.9 Å². The predicted molar refractivity (Wildman–Crippen MR) is 51.4 cm³/mol. The molecular weight excluding hydrogens is 206 g/mol. The lowest BCUT2D eigenvalue weighted by Crippen LogP contribution is -2.16. The number of halogens is 1. The van der Waals surface area contributed by atoms with E-state index in [9.17, 15) is 0 Å². The van der Waals surface area contributed by atoms with Gasteiger partial charge in [0.1, 0.15) is 0 Å². The molecule has 0 saturated heterocycles. The molecular formula is C7H10BrN3. The Balaban J connectivity index is 4.75. The molecule has 0 aromatic heterocycles. The average molecular weight is 216 g/mol. The van der Waals surface area contributed by atoms with E-state index in [-0.39, 0.29) is 0 Å². The Hall–Kier alpha value is -0.790. The number of rotatable bonds is 2. The summed E-state index contributed by atoms with van der Waals surface area (Å²) in [7, 11) is 1.63. The molecule has 60 valence electrons. The molecule has 0 aliphatic heterocycles. The normalized spacial score (nSPS) is 13.8. The van der Waals surface area contributed by atoms with Crippen LogP contribution in [0.5, 0.6) is 0 Å². The zero-order valence-electron chi connectivity index (χ0n) is 6.26. The summed E-state index contributed by atoms with van der Waals surface area (Å²) in [6.07, 6.45) is 5.06. The Morgan fingerprint density at radius 2 is 2.27 bits per heavy atom. The predicted octanol–water partition coefficient (Wildman–Crippen LogP) is 0.214. The van der Waals surface area contributed by atoms with Gasteiger partial charge in [-0.25, -0.2) is 0 Å². The Morgan fingerprint density at radius 3 is 2.55 bits per heavy atom. The number of allylic oxidation sites excluding steroid dienone is 1. The average Bonchev–Trinajstić information content (AvgIpc) is 2.05. The highest BCUT2D eigenvalue weighted by Gasteiger charge is 2.03. The zero-order chi connectivity index (χ0) is 8.85. The van der Waals surface area contributed by atoms with Crippen LogP contribution in [0.25, 0.3) is 0 Å². The largest absolute Gasteiger partial charge is 0.391 e. The van der Waals surface area contributed by atoms with Crippen LogP contribution in [-0.4, -0.2) is 19.3 Å². The van der Waals surface area contributed by atoms with Gasteiger partial charge in [0.25, 0.3) is 0 Å². The third kappa shape index (κ3) is 2.74. The third-order valence-electron chi connectivity index (χ3n) is 1.11. The molecule has 0 aliphatic carbocycles. The van der Waals surface area contributed by atoms with E-state index in [0.29, 0.717) is 22.4 Å². The van der Waals surface area contributed by atoms with E-state index in [1.807, 2.05) is 0 Å². The number of hydrogen-bond acceptors (Lipinski definition) is 3. The summed E-state index contributed by atoms with van der Waals surface area (Å²) in [5.41, 5.74) is 11.8. The summed E-state index contributed by atoms with van der Waals surface area (Å²) in [6.45, 7) is 0.319. The van der Waals surface area contributed by atoms with Crippen molar-refractivity contribution in [2.75, 3.05) is 13.6 Å². The van der Waals surface area contributed by atoms with Crippen LogP contribution in [-0.2, 0) is 0 Å². The Kier molecular flexibility index (Phi) is 4.59. The molecule has 0 aromatic rings. The molecule has 0 unspecified atom stereocenters. The maximum atomic E-state index is 5.43.